The van der Waals surface area contributed by atoms with Gasteiger partial charge in [-0.15, -0.1) is 0 Å². The molecule has 0 radical (unpaired) electrons. The number of hydrogen-bond donors (Lipinski definition) is 3. The Labute approximate surface area is 232 Å². The van der Waals surface area contributed by atoms with Crippen LogP contribution >= 0.6 is 0 Å². The molecule has 11 heteroatoms. The van der Waals surface area contributed by atoms with Crippen molar-refractivity contribution in [3.63, 3.8) is 0 Å². The average Bonchev–Trinajstić information content (AvgIpc) is 2.84. The molecule has 0 spiro atoms. The van der Waals surface area contributed by atoms with Gasteiger partial charge in [0.1, 0.15) is 11.9 Å². The number of nitrogens with two attached hydrogens (primary N) is 1. The predicted octanol–water partition coefficient (Wildman–Crippen LogP) is 0.657. The second kappa shape index (κ2) is 9.59. The Kier molecular flexibility index (Phi) is 7.08. The number of ketones is 4. The number of amides is 1. The first-order valence-electron chi connectivity index (χ1n) is 13.3. The smallest absolute Gasteiger partial charge is 0.305 e. The minimum absolute atomic E-state index is 0.0972. The fourth-order valence-electron chi connectivity index (χ4n) is 6.95. The quantitative estimate of drug-likeness (QED) is 0.352. The molecule has 2 saturated carbocycles. The van der Waals surface area contributed by atoms with E-state index in [2.05, 4.69) is 0 Å². The summed E-state index contributed by atoms with van der Waals surface area (Å²) in [6.45, 7) is 8.76. The van der Waals surface area contributed by atoms with E-state index in [9.17, 15) is 39.0 Å². The van der Waals surface area contributed by atoms with Crippen molar-refractivity contribution in [1.82, 2.24) is 4.90 Å². The molecular formula is C29H36N2O9. The van der Waals surface area contributed by atoms with E-state index in [4.69, 9.17) is 10.5 Å². The largest absolute Gasteiger partial charge is 0.507 e. The molecule has 0 heterocycles. The highest BCUT2D eigenvalue weighted by Crippen LogP contribution is 2.56. The first kappa shape index (κ1) is 29.5. The van der Waals surface area contributed by atoms with Crippen LogP contribution in [0.3, 0.4) is 0 Å². The number of phenolic OH excluding ortho intramolecular Hbond substituents is 1. The van der Waals surface area contributed by atoms with Crippen molar-refractivity contribution in [2.75, 3.05) is 14.1 Å². The molecule has 8 atom stereocenters. The number of phenols is 1. The van der Waals surface area contributed by atoms with Crippen LogP contribution in [0.4, 0.5) is 0 Å². The first-order chi connectivity index (χ1) is 18.4. The summed E-state index contributed by atoms with van der Waals surface area (Å²) >= 11 is 0. The van der Waals surface area contributed by atoms with Crippen LogP contribution in [0.2, 0.25) is 0 Å². The van der Waals surface area contributed by atoms with Crippen LogP contribution in [0, 0.1) is 23.7 Å². The van der Waals surface area contributed by atoms with Gasteiger partial charge in [-0.05, 0) is 36.6 Å². The van der Waals surface area contributed by atoms with Crippen LogP contribution in [-0.4, -0.2) is 82.0 Å². The van der Waals surface area contributed by atoms with Gasteiger partial charge in [0.15, 0.2) is 34.7 Å². The highest BCUT2D eigenvalue weighted by Gasteiger charge is 2.74. The summed E-state index contributed by atoms with van der Waals surface area (Å²) in [5, 5.41) is 23.2. The van der Waals surface area contributed by atoms with Gasteiger partial charge in [-0.3, -0.25) is 33.7 Å². The van der Waals surface area contributed by atoms with Crippen LogP contribution in [0.15, 0.2) is 12.1 Å². The third-order valence-corrected chi connectivity index (χ3v) is 8.82. The van der Waals surface area contributed by atoms with E-state index in [0.29, 0.717) is 11.1 Å². The molecule has 0 aliphatic heterocycles. The van der Waals surface area contributed by atoms with Crippen LogP contribution in [0.25, 0.3) is 0 Å². The maximum absolute atomic E-state index is 14.2. The molecule has 6 unspecified atom stereocenters. The lowest BCUT2D eigenvalue weighted by atomic mass is 9.49. The Balaban J connectivity index is 2.04. The fraction of sp³-hybridized carbons (Fsp3) is 0.586. The van der Waals surface area contributed by atoms with Crippen molar-refractivity contribution in [3.05, 3.63) is 28.8 Å². The van der Waals surface area contributed by atoms with E-state index in [1.807, 2.05) is 20.8 Å². The van der Waals surface area contributed by atoms with Crippen LogP contribution < -0.4 is 5.73 Å². The molecule has 3 aliphatic rings. The summed E-state index contributed by atoms with van der Waals surface area (Å²) in [6.07, 6.45) is -1.54. The minimum Gasteiger partial charge on any atom is -0.507 e. The summed E-state index contributed by atoms with van der Waals surface area (Å²) in [5.74, 6) is -14.0. The van der Waals surface area contributed by atoms with E-state index >= 15 is 0 Å². The number of fused-ring (bicyclic) bond motifs is 3. The summed E-state index contributed by atoms with van der Waals surface area (Å²) in [7, 11) is 2.92. The third-order valence-electron chi connectivity index (χ3n) is 8.82. The zero-order valence-corrected chi connectivity index (χ0v) is 23.7. The molecule has 40 heavy (non-hydrogen) atoms. The van der Waals surface area contributed by atoms with Gasteiger partial charge in [0.05, 0.1) is 23.4 Å². The molecule has 1 amide bonds. The number of aromatic hydroxyl groups is 1. The number of hydrogen-bond acceptors (Lipinski definition) is 10. The Hall–Kier alpha value is -3.44. The normalized spacial score (nSPS) is 33.8. The SMILES string of the molecule is CCC(=O)OC1C2C(C(=O)c3c(ccc(C(C)(C)C)c3O)C2C)C(=O)[C@]2(O)C(=O)C(C(N)=O)C(=O)[C@@H](N(C)C)C12. The molecule has 1 aromatic carbocycles. The molecular weight excluding hydrogens is 520 g/mol. The topological polar surface area (TPSA) is 181 Å². The maximum Gasteiger partial charge on any atom is 0.305 e. The number of carbonyl (C=O) groups is 6. The Bertz CT molecular complexity index is 1340. The highest BCUT2D eigenvalue weighted by molar-refractivity contribution is 6.32. The van der Waals surface area contributed by atoms with Gasteiger partial charge >= 0.3 is 5.97 Å². The van der Waals surface area contributed by atoms with Crippen molar-refractivity contribution in [1.29, 1.82) is 0 Å². The van der Waals surface area contributed by atoms with Crippen molar-refractivity contribution < 1.29 is 43.7 Å². The van der Waals surface area contributed by atoms with E-state index in [-0.39, 0.29) is 17.7 Å². The number of esters is 1. The van der Waals surface area contributed by atoms with Crippen molar-refractivity contribution in [3.8, 4) is 5.75 Å². The molecule has 0 bridgehead atoms. The van der Waals surface area contributed by atoms with Gasteiger partial charge < -0.3 is 20.7 Å². The highest BCUT2D eigenvalue weighted by atomic mass is 16.5. The molecule has 2 fully saturated rings. The molecule has 0 saturated heterocycles. The second-order valence-electron chi connectivity index (χ2n) is 12.4. The molecule has 4 N–H and O–H groups in total. The number of likely N-dealkylation sites (N-methyl/N-ethyl adjacent to an activating group) is 1. The Morgan fingerprint density at radius 3 is 2.20 bits per heavy atom. The van der Waals surface area contributed by atoms with Crippen molar-refractivity contribution in [2.45, 2.75) is 70.1 Å². The number of benzene rings is 1. The van der Waals surface area contributed by atoms with Gasteiger partial charge in [0, 0.05) is 12.3 Å². The first-order valence-corrected chi connectivity index (χ1v) is 13.3. The van der Waals surface area contributed by atoms with E-state index < -0.39 is 87.8 Å². The van der Waals surface area contributed by atoms with Gasteiger partial charge in [0.25, 0.3) is 0 Å². The minimum atomic E-state index is -3.04. The number of Topliss-reactive ketones (excluding diaryl/α,β-unsaturated/α-hetero) is 4. The summed E-state index contributed by atoms with van der Waals surface area (Å²) < 4.78 is 5.79. The van der Waals surface area contributed by atoms with Gasteiger partial charge in [0.2, 0.25) is 5.91 Å². The monoisotopic (exact) mass is 556 g/mol. The van der Waals surface area contributed by atoms with E-state index in [1.165, 1.54) is 25.9 Å². The standard InChI is InChI=1S/C29H36N2O9/c1-8-14(32)40-24-15-11(2)12-9-10-13(28(3,4)5)21(33)16(12)22(34)17(15)25(36)29(39)19(24)20(31(6)7)23(35)18(26(29)37)27(30)38/h9-11,15,17-20,24,33,39H,8H2,1-7H3,(H2,30,38)/t11?,15?,17?,18?,19?,20-,24?,29-/m0/s1. The fourth-order valence-corrected chi connectivity index (χ4v) is 6.95. The number of aliphatic hydroxyl groups is 1. The number of primary amides is 1. The zero-order valence-electron chi connectivity index (χ0n) is 23.7. The zero-order chi connectivity index (χ0) is 30.2. The molecule has 11 nitrogen and oxygen atoms in total. The van der Waals surface area contributed by atoms with Crippen molar-refractivity contribution in [2.24, 2.45) is 29.4 Å². The number of carbonyl (C=O) groups excluding carboxylic acids is 6. The van der Waals surface area contributed by atoms with E-state index in [0.717, 1.165) is 0 Å². The number of rotatable bonds is 4. The van der Waals surface area contributed by atoms with Gasteiger partial charge in [-0.25, -0.2) is 0 Å². The number of nitrogens with zero attached hydrogens (tertiary/aromatic N) is 1. The summed E-state index contributed by atoms with van der Waals surface area (Å²) in [4.78, 5) is 81.8. The molecule has 1 aromatic rings. The molecule has 3 aliphatic carbocycles. The van der Waals surface area contributed by atoms with Gasteiger partial charge in [-0.1, -0.05) is 46.8 Å². The second-order valence-corrected chi connectivity index (χ2v) is 12.4. The lowest BCUT2D eigenvalue weighted by Crippen LogP contribution is -2.78. The van der Waals surface area contributed by atoms with Gasteiger partial charge in [-0.2, -0.15) is 0 Å². The summed E-state index contributed by atoms with van der Waals surface area (Å²) in [6, 6.07) is 1.96. The predicted molar refractivity (Wildman–Crippen MR) is 140 cm³/mol. The summed E-state index contributed by atoms with van der Waals surface area (Å²) in [5.41, 5.74) is 2.56. The maximum atomic E-state index is 14.2. The average molecular weight is 557 g/mol. The molecule has 4 rings (SSSR count). The molecule has 216 valence electrons. The molecule has 0 aromatic heterocycles. The lowest BCUT2D eigenvalue weighted by molar-refractivity contribution is -0.205. The van der Waals surface area contributed by atoms with Crippen LogP contribution in [-0.2, 0) is 34.1 Å². The Morgan fingerprint density at radius 2 is 1.70 bits per heavy atom. The van der Waals surface area contributed by atoms with Crippen LogP contribution in [0.5, 0.6) is 5.75 Å². The van der Waals surface area contributed by atoms with Crippen molar-refractivity contribution >= 4 is 35.0 Å². The third kappa shape index (κ3) is 3.93. The lowest BCUT2D eigenvalue weighted by Gasteiger charge is -2.56. The number of ether oxygens (including phenoxy) is 1. The van der Waals surface area contributed by atoms with E-state index in [1.54, 1.807) is 19.1 Å². The van der Waals surface area contributed by atoms with Crippen LogP contribution in [0.1, 0.15) is 68.4 Å². The Morgan fingerprint density at radius 1 is 1.10 bits per heavy atom.